The monoisotopic (exact) mass is 352 g/mol. The molecule has 2 aromatic carbocycles. The third kappa shape index (κ3) is 3.75. The van der Waals surface area contributed by atoms with Crippen LogP contribution in [-0.2, 0) is 6.54 Å². The fourth-order valence-corrected chi connectivity index (χ4v) is 3.23. The molecule has 1 fully saturated rings. The van der Waals surface area contributed by atoms with Crippen LogP contribution in [0.2, 0.25) is 0 Å². The summed E-state index contributed by atoms with van der Waals surface area (Å²) in [6, 6.07) is 14.8. The maximum Gasteiger partial charge on any atom is 0.241 e. The molecule has 2 heterocycles. The van der Waals surface area contributed by atoms with E-state index >= 15 is 0 Å². The van der Waals surface area contributed by atoms with Gasteiger partial charge >= 0.3 is 0 Å². The van der Waals surface area contributed by atoms with Crippen molar-refractivity contribution in [3.05, 3.63) is 65.8 Å². The van der Waals surface area contributed by atoms with E-state index in [0.717, 1.165) is 37.4 Å². The lowest BCUT2D eigenvalue weighted by molar-refractivity contribution is 0.215. The lowest BCUT2D eigenvalue weighted by Gasteiger charge is -2.35. The normalized spacial score (nSPS) is 15.4. The van der Waals surface area contributed by atoms with Gasteiger partial charge in [-0.05, 0) is 37.3 Å². The molecule has 0 saturated carbocycles. The standard InChI is InChI=1S/C20H21FN4O/c1-15-3-2-4-16(13-15)20-22-19(26-23-20)14-24-9-11-25(12-10-24)18-7-5-17(21)6-8-18/h2-8,13H,9-12,14H2,1H3. The van der Waals surface area contributed by atoms with Crippen molar-refractivity contribution in [3.8, 4) is 11.4 Å². The molecule has 0 amide bonds. The summed E-state index contributed by atoms with van der Waals surface area (Å²) in [4.78, 5) is 9.09. The van der Waals surface area contributed by atoms with Crippen molar-refractivity contribution in [1.29, 1.82) is 0 Å². The summed E-state index contributed by atoms with van der Waals surface area (Å²) < 4.78 is 18.5. The van der Waals surface area contributed by atoms with Gasteiger partial charge in [-0.1, -0.05) is 28.9 Å². The van der Waals surface area contributed by atoms with Crippen LogP contribution >= 0.6 is 0 Å². The zero-order valence-electron chi connectivity index (χ0n) is 14.7. The molecule has 3 aromatic rings. The summed E-state index contributed by atoms with van der Waals surface area (Å²) >= 11 is 0. The first-order valence-corrected chi connectivity index (χ1v) is 8.80. The number of anilines is 1. The molecular formula is C20H21FN4O. The van der Waals surface area contributed by atoms with Crippen molar-refractivity contribution in [2.75, 3.05) is 31.1 Å². The van der Waals surface area contributed by atoms with Gasteiger partial charge in [-0.25, -0.2) is 4.39 Å². The van der Waals surface area contributed by atoms with E-state index in [1.807, 2.05) is 37.3 Å². The van der Waals surface area contributed by atoms with Gasteiger partial charge in [-0.3, -0.25) is 4.90 Å². The number of hydrogen-bond acceptors (Lipinski definition) is 5. The highest BCUT2D eigenvalue weighted by atomic mass is 19.1. The maximum absolute atomic E-state index is 13.1. The quantitative estimate of drug-likeness (QED) is 0.719. The van der Waals surface area contributed by atoms with Crippen molar-refractivity contribution in [1.82, 2.24) is 15.0 Å². The molecule has 0 spiro atoms. The van der Waals surface area contributed by atoms with Crippen LogP contribution in [0.1, 0.15) is 11.5 Å². The predicted octanol–water partition coefficient (Wildman–Crippen LogP) is 3.51. The number of hydrogen-bond donors (Lipinski definition) is 0. The Labute approximate surface area is 152 Å². The largest absolute Gasteiger partial charge is 0.369 e. The predicted molar refractivity (Wildman–Crippen MR) is 98.4 cm³/mol. The van der Waals surface area contributed by atoms with Gasteiger partial charge < -0.3 is 9.42 Å². The minimum absolute atomic E-state index is 0.201. The third-order valence-corrected chi connectivity index (χ3v) is 4.67. The van der Waals surface area contributed by atoms with Crippen LogP contribution in [0, 0.1) is 12.7 Å². The molecular weight excluding hydrogens is 331 g/mol. The molecule has 1 aliphatic rings. The van der Waals surface area contributed by atoms with Crippen molar-refractivity contribution in [2.45, 2.75) is 13.5 Å². The summed E-state index contributed by atoms with van der Waals surface area (Å²) in [7, 11) is 0. The molecule has 26 heavy (non-hydrogen) atoms. The molecule has 4 rings (SSSR count). The van der Waals surface area contributed by atoms with Gasteiger partial charge in [0.1, 0.15) is 5.82 Å². The highest BCUT2D eigenvalue weighted by Gasteiger charge is 2.19. The van der Waals surface area contributed by atoms with Crippen molar-refractivity contribution in [2.24, 2.45) is 0 Å². The number of benzene rings is 2. The fraction of sp³-hybridized carbons (Fsp3) is 0.300. The Hall–Kier alpha value is -2.73. The molecule has 0 bridgehead atoms. The average molecular weight is 352 g/mol. The first-order valence-electron chi connectivity index (χ1n) is 8.80. The van der Waals surface area contributed by atoms with Gasteiger partial charge in [0, 0.05) is 37.4 Å². The number of aryl methyl sites for hydroxylation is 1. The van der Waals surface area contributed by atoms with Crippen LogP contribution in [0.3, 0.4) is 0 Å². The van der Waals surface area contributed by atoms with Crippen LogP contribution in [0.4, 0.5) is 10.1 Å². The van der Waals surface area contributed by atoms with E-state index in [0.29, 0.717) is 18.3 Å². The summed E-state index contributed by atoms with van der Waals surface area (Å²) in [6.45, 7) is 6.29. The lowest BCUT2D eigenvalue weighted by atomic mass is 10.1. The van der Waals surface area contributed by atoms with Crippen LogP contribution in [0.15, 0.2) is 53.1 Å². The first-order chi connectivity index (χ1) is 12.7. The molecule has 0 N–H and O–H groups in total. The molecule has 5 nitrogen and oxygen atoms in total. The lowest BCUT2D eigenvalue weighted by Crippen LogP contribution is -2.46. The van der Waals surface area contributed by atoms with E-state index in [-0.39, 0.29) is 5.82 Å². The molecule has 6 heteroatoms. The summed E-state index contributed by atoms with van der Waals surface area (Å²) in [5.41, 5.74) is 3.21. The Kier molecular flexibility index (Phi) is 4.67. The summed E-state index contributed by atoms with van der Waals surface area (Å²) in [5, 5.41) is 4.11. The van der Waals surface area contributed by atoms with Crippen LogP contribution in [0.5, 0.6) is 0 Å². The summed E-state index contributed by atoms with van der Waals surface area (Å²) in [6.07, 6.45) is 0. The zero-order valence-corrected chi connectivity index (χ0v) is 14.7. The molecule has 0 atom stereocenters. The minimum atomic E-state index is -0.201. The van der Waals surface area contributed by atoms with E-state index in [2.05, 4.69) is 26.0 Å². The Morgan fingerprint density at radius 3 is 2.54 bits per heavy atom. The Morgan fingerprint density at radius 2 is 1.81 bits per heavy atom. The third-order valence-electron chi connectivity index (χ3n) is 4.67. The smallest absolute Gasteiger partial charge is 0.241 e. The molecule has 1 aliphatic heterocycles. The van der Waals surface area contributed by atoms with Crippen molar-refractivity contribution in [3.63, 3.8) is 0 Å². The second-order valence-electron chi connectivity index (χ2n) is 6.62. The van der Waals surface area contributed by atoms with E-state index in [1.54, 1.807) is 0 Å². The Morgan fingerprint density at radius 1 is 1.04 bits per heavy atom. The van der Waals surface area contributed by atoms with Gasteiger partial charge in [0.2, 0.25) is 11.7 Å². The van der Waals surface area contributed by atoms with Gasteiger partial charge in [0.25, 0.3) is 0 Å². The number of halogens is 1. The van der Waals surface area contributed by atoms with Crippen molar-refractivity contribution >= 4 is 5.69 Å². The molecule has 134 valence electrons. The number of rotatable bonds is 4. The minimum Gasteiger partial charge on any atom is -0.369 e. The van der Waals surface area contributed by atoms with Gasteiger partial charge in [0.05, 0.1) is 6.54 Å². The van der Waals surface area contributed by atoms with Crippen molar-refractivity contribution < 1.29 is 8.91 Å². The second kappa shape index (κ2) is 7.25. The number of aromatic nitrogens is 2. The number of nitrogens with zero attached hydrogens (tertiary/aromatic N) is 4. The SMILES string of the molecule is Cc1cccc(-c2noc(CN3CCN(c4ccc(F)cc4)CC3)n2)c1. The van der Waals surface area contributed by atoms with Crippen LogP contribution < -0.4 is 4.90 Å². The van der Waals surface area contributed by atoms with Crippen LogP contribution in [0.25, 0.3) is 11.4 Å². The maximum atomic E-state index is 13.1. The van der Waals surface area contributed by atoms with E-state index in [9.17, 15) is 4.39 Å². The molecule has 0 aliphatic carbocycles. The van der Waals surface area contributed by atoms with Crippen LogP contribution in [-0.4, -0.2) is 41.2 Å². The number of piperazine rings is 1. The molecule has 0 radical (unpaired) electrons. The van der Waals surface area contributed by atoms with E-state index in [1.165, 1.54) is 17.7 Å². The fourth-order valence-electron chi connectivity index (χ4n) is 3.23. The highest BCUT2D eigenvalue weighted by Crippen LogP contribution is 2.20. The molecule has 1 aromatic heterocycles. The van der Waals surface area contributed by atoms with E-state index in [4.69, 9.17) is 4.52 Å². The molecule has 0 unspecified atom stereocenters. The summed E-state index contributed by atoms with van der Waals surface area (Å²) in [5.74, 6) is 1.07. The Balaban J connectivity index is 1.35. The molecule has 1 saturated heterocycles. The zero-order chi connectivity index (χ0) is 17.9. The second-order valence-corrected chi connectivity index (χ2v) is 6.62. The topological polar surface area (TPSA) is 45.4 Å². The highest BCUT2D eigenvalue weighted by molar-refractivity contribution is 5.55. The average Bonchev–Trinajstić information content (AvgIpc) is 3.12. The van der Waals surface area contributed by atoms with Gasteiger partial charge in [0.15, 0.2) is 0 Å². The Bertz CT molecular complexity index is 870. The van der Waals surface area contributed by atoms with Gasteiger partial charge in [-0.2, -0.15) is 4.98 Å². The van der Waals surface area contributed by atoms with E-state index < -0.39 is 0 Å². The first kappa shape index (κ1) is 16.7. The van der Waals surface area contributed by atoms with Gasteiger partial charge in [-0.15, -0.1) is 0 Å².